The van der Waals surface area contributed by atoms with E-state index in [2.05, 4.69) is 20.6 Å². The smallest absolute Gasteiger partial charge is 0.274 e. The summed E-state index contributed by atoms with van der Waals surface area (Å²) in [6, 6.07) is 5.33. The lowest BCUT2D eigenvalue weighted by Gasteiger charge is -2.08. The molecule has 0 aliphatic carbocycles. The Morgan fingerprint density at radius 3 is 2.89 bits per heavy atom. The highest BCUT2D eigenvalue weighted by atomic mass is 16.1. The minimum atomic E-state index is -0.228. The first kappa shape index (κ1) is 13.0. The van der Waals surface area contributed by atoms with Crippen molar-refractivity contribution in [3.63, 3.8) is 0 Å². The average Bonchev–Trinajstić information content (AvgIpc) is 2.42. The lowest BCUT2D eigenvalue weighted by molar-refractivity contribution is 0.102. The van der Waals surface area contributed by atoms with Gasteiger partial charge in [0.05, 0.1) is 0 Å². The first-order valence-corrected chi connectivity index (χ1v) is 6.12. The van der Waals surface area contributed by atoms with Crippen LogP contribution < -0.4 is 10.6 Å². The number of carbonyl (C=O) groups is 1. The fourth-order valence-electron chi connectivity index (χ4n) is 1.67. The van der Waals surface area contributed by atoms with E-state index in [1.807, 2.05) is 19.9 Å². The third-order valence-corrected chi connectivity index (χ3v) is 2.64. The number of nitrogens with zero attached hydrogens (tertiary/aromatic N) is 2. The molecular weight excluding hydrogens is 240 g/mol. The molecule has 5 heteroatoms. The monoisotopic (exact) mass is 256 g/mol. The normalized spacial score (nSPS) is 10.0. The topological polar surface area (TPSA) is 66.9 Å². The van der Waals surface area contributed by atoms with Crippen LogP contribution >= 0.6 is 0 Å². The van der Waals surface area contributed by atoms with Gasteiger partial charge in [0.25, 0.3) is 5.91 Å². The zero-order valence-corrected chi connectivity index (χ0v) is 11.0. The highest BCUT2D eigenvalue weighted by molar-refractivity contribution is 6.03. The molecule has 2 aromatic rings. The van der Waals surface area contributed by atoms with Crippen LogP contribution in [-0.2, 0) is 0 Å². The van der Waals surface area contributed by atoms with E-state index >= 15 is 0 Å². The van der Waals surface area contributed by atoms with E-state index in [1.54, 1.807) is 30.7 Å². The largest absolute Gasteiger partial charge is 0.385 e. The fourth-order valence-corrected chi connectivity index (χ4v) is 1.67. The Hall–Kier alpha value is -2.43. The second-order valence-corrected chi connectivity index (χ2v) is 4.10. The summed E-state index contributed by atoms with van der Waals surface area (Å²) in [6.45, 7) is 4.69. The van der Waals surface area contributed by atoms with Crippen LogP contribution in [0, 0.1) is 6.92 Å². The van der Waals surface area contributed by atoms with Gasteiger partial charge in [0.2, 0.25) is 0 Å². The van der Waals surface area contributed by atoms with E-state index < -0.39 is 0 Å². The Labute approximate surface area is 112 Å². The number of aromatic nitrogens is 2. The van der Waals surface area contributed by atoms with Crippen molar-refractivity contribution in [3.05, 3.63) is 48.0 Å². The van der Waals surface area contributed by atoms with Crippen molar-refractivity contribution in [2.75, 3.05) is 17.2 Å². The van der Waals surface area contributed by atoms with Crippen molar-refractivity contribution >= 4 is 17.3 Å². The maximum atomic E-state index is 12.1. The zero-order chi connectivity index (χ0) is 13.7. The number of carbonyl (C=O) groups excluding carboxylic acids is 1. The third-order valence-electron chi connectivity index (χ3n) is 2.64. The van der Waals surface area contributed by atoms with Crippen molar-refractivity contribution in [3.8, 4) is 0 Å². The van der Waals surface area contributed by atoms with Crippen LogP contribution in [0.25, 0.3) is 0 Å². The first-order chi connectivity index (χ1) is 9.20. The molecule has 0 unspecified atom stereocenters. The average molecular weight is 256 g/mol. The van der Waals surface area contributed by atoms with Crippen LogP contribution in [0.5, 0.6) is 0 Å². The second kappa shape index (κ2) is 5.95. The first-order valence-electron chi connectivity index (χ1n) is 6.12. The number of pyridine rings is 2. The van der Waals surface area contributed by atoms with Crippen LogP contribution in [0.3, 0.4) is 0 Å². The molecule has 0 radical (unpaired) electrons. The van der Waals surface area contributed by atoms with Gasteiger partial charge in [0, 0.05) is 36.5 Å². The number of rotatable bonds is 4. The summed E-state index contributed by atoms with van der Waals surface area (Å²) in [5.74, 6) is -0.228. The van der Waals surface area contributed by atoms with Gasteiger partial charge in [0.15, 0.2) is 0 Å². The van der Waals surface area contributed by atoms with Crippen molar-refractivity contribution in [1.29, 1.82) is 0 Å². The van der Waals surface area contributed by atoms with E-state index in [9.17, 15) is 4.79 Å². The number of hydrogen-bond donors (Lipinski definition) is 2. The SMILES string of the molecule is CCNc1ccnc(C(=O)Nc2ccncc2C)c1. The van der Waals surface area contributed by atoms with E-state index in [0.29, 0.717) is 5.69 Å². The molecule has 2 N–H and O–H groups in total. The van der Waals surface area contributed by atoms with Gasteiger partial charge in [0.1, 0.15) is 5.69 Å². The lowest BCUT2D eigenvalue weighted by Crippen LogP contribution is -2.14. The molecule has 0 aliphatic rings. The number of amides is 1. The summed E-state index contributed by atoms with van der Waals surface area (Å²) in [6.07, 6.45) is 4.97. The van der Waals surface area contributed by atoms with Gasteiger partial charge in [-0.15, -0.1) is 0 Å². The number of hydrogen-bond acceptors (Lipinski definition) is 4. The van der Waals surface area contributed by atoms with Crippen LogP contribution in [0.2, 0.25) is 0 Å². The maximum Gasteiger partial charge on any atom is 0.274 e. The Bertz CT molecular complexity index is 583. The van der Waals surface area contributed by atoms with Crippen molar-refractivity contribution in [1.82, 2.24) is 9.97 Å². The van der Waals surface area contributed by atoms with Crippen LogP contribution in [-0.4, -0.2) is 22.4 Å². The molecule has 0 aromatic carbocycles. The molecule has 0 aliphatic heterocycles. The molecule has 2 aromatic heterocycles. The van der Waals surface area contributed by atoms with Crippen LogP contribution in [0.4, 0.5) is 11.4 Å². The highest BCUT2D eigenvalue weighted by Gasteiger charge is 2.09. The second-order valence-electron chi connectivity index (χ2n) is 4.10. The maximum absolute atomic E-state index is 12.1. The minimum Gasteiger partial charge on any atom is -0.385 e. The van der Waals surface area contributed by atoms with E-state index in [-0.39, 0.29) is 5.91 Å². The van der Waals surface area contributed by atoms with Gasteiger partial charge < -0.3 is 10.6 Å². The van der Waals surface area contributed by atoms with Gasteiger partial charge in [-0.05, 0) is 37.6 Å². The summed E-state index contributed by atoms with van der Waals surface area (Å²) in [5.41, 5.74) is 2.93. The molecule has 5 nitrogen and oxygen atoms in total. The Kier molecular flexibility index (Phi) is 4.07. The molecule has 0 atom stereocenters. The highest BCUT2D eigenvalue weighted by Crippen LogP contribution is 2.14. The molecule has 0 fully saturated rings. The summed E-state index contributed by atoms with van der Waals surface area (Å²) in [4.78, 5) is 20.2. The van der Waals surface area contributed by atoms with Gasteiger partial charge in [-0.2, -0.15) is 0 Å². The molecular formula is C14H16N4O. The van der Waals surface area contributed by atoms with E-state index in [0.717, 1.165) is 23.5 Å². The lowest BCUT2D eigenvalue weighted by atomic mass is 10.2. The van der Waals surface area contributed by atoms with Gasteiger partial charge in [-0.3, -0.25) is 14.8 Å². The predicted molar refractivity (Wildman–Crippen MR) is 75.3 cm³/mol. The molecule has 19 heavy (non-hydrogen) atoms. The number of nitrogens with one attached hydrogen (secondary N) is 2. The molecule has 2 rings (SSSR count). The molecule has 0 bridgehead atoms. The molecule has 0 spiro atoms. The van der Waals surface area contributed by atoms with Gasteiger partial charge in [-0.25, -0.2) is 0 Å². The molecule has 0 saturated carbocycles. The minimum absolute atomic E-state index is 0.228. The standard InChI is InChI=1S/C14H16N4O/c1-3-16-11-4-7-17-13(8-11)14(19)18-12-5-6-15-9-10(12)2/h4-9H,3H2,1-2H3,(H,16,17)(H,15,18,19). The van der Waals surface area contributed by atoms with Crippen molar-refractivity contribution in [2.24, 2.45) is 0 Å². The molecule has 2 heterocycles. The predicted octanol–water partition coefficient (Wildman–Crippen LogP) is 2.47. The van der Waals surface area contributed by atoms with Crippen LogP contribution in [0.1, 0.15) is 23.0 Å². The molecule has 98 valence electrons. The van der Waals surface area contributed by atoms with E-state index in [4.69, 9.17) is 0 Å². The Balaban J connectivity index is 2.16. The summed E-state index contributed by atoms with van der Waals surface area (Å²) in [5, 5.41) is 5.97. The summed E-state index contributed by atoms with van der Waals surface area (Å²) in [7, 11) is 0. The summed E-state index contributed by atoms with van der Waals surface area (Å²) >= 11 is 0. The number of anilines is 2. The summed E-state index contributed by atoms with van der Waals surface area (Å²) < 4.78 is 0. The van der Waals surface area contributed by atoms with Crippen molar-refractivity contribution < 1.29 is 4.79 Å². The Morgan fingerprint density at radius 2 is 2.16 bits per heavy atom. The van der Waals surface area contributed by atoms with Gasteiger partial charge in [-0.1, -0.05) is 0 Å². The Morgan fingerprint density at radius 1 is 1.32 bits per heavy atom. The molecule has 1 amide bonds. The number of aryl methyl sites for hydroxylation is 1. The molecule has 0 saturated heterocycles. The van der Waals surface area contributed by atoms with Gasteiger partial charge >= 0.3 is 0 Å². The van der Waals surface area contributed by atoms with E-state index in [1.165, 1.54) is 0 Å². The third kappa shape index (κ3) is 3.28. The fraction of sp³-hybridized carbons (Fsp3) is 0.214. The van der Waals surface area contributed by atoms with Crippen LogP contribution in [0.15, 0.2) is 36.8 Å². The quantitative estimate of drug-likeness (QED) is 0.881. The van der Waals surface area contributed by atoms with Crippen molar-refractivity contribution in [2.45, 2.75) is 13.8 Å². The zero-order valence-electron chi connectivity index (χ0n) is 11.0.